The number of halogens is 4. The van der Waals surface area contributed by atoms with Crippen LogP contribution in [0.2, 0.25) is 0 Å². The third kappa shape index (κ3) is 4.71. The van der Waals surface area contributed by atoms with Gasteiger partial charge >= 0.3 is 6.18 Å². The zero-order valence-corrected chi connectivity index (χ0v) is 16.9. The molecule has 0 fully saturated rings. The van der Waals surface area contributed by atoms with E-state index in [1.807, 2.05) is 0 Å². The molecule has 9 heteroatoms. The first-order chi connectivity index (χ1) is 13.1. The number of aliphatic hydroxyl groups is 1. The Morgan fingerprint density at radius 3 is 2.21 bits per heavy atom. The summed E-state index contributed by atoms with van der Waals surface area (Å²) in [5, 5.41) is 17.2. The lowest BCUT2D eigenvalue weighted by molar-refractivity contribution is -0.137. The van der Waals surface area contributed by atoms with Crippen molar-refractivity contribution in [2.24, 2.45) is 7.05 Å². The predicted octanol–water partition coefficient (Wildman–Crippen LogP) is 4.73. The quantitative estimate of drug-likeness (QED) is 0.639. The molecule has 3 aromatic rings. The third-order valence-corrected chi connectivity index (χ3v) is 4.37. The molecule has 156 valence electrons. The fourth-order valence-corrected chi connectivity index (χ4v) is 3.02. The number of aliphatic hydroxyl groups excluding tert-OH is 1. The number of ether oxygens (including phenoxy) is 1. The van der Waals surface area contributed by atoms with Crippen LogP contribution in [0.25, 0.3) is 11.4 Å². The van der Waals surface area contributed by atoms with Gasteiger partial charge in [0.15, 0.2) is 17.2 Å². The van der Waals surface area contributed by atoms with Crippen LogP contribution in [0.4, 0.5) is 13.2 Å². The number of hydrogen-bond acceptors (Lipinski definition) is 4. The molecule has 29 heavy (non-hydrogen) atoms. The number of hydrogen-bond donors (Lipinski definition) is 1. The lowest BCUT2D eigenvalue weighted by Crippen LogP contribution is -2.29. The Labute approximate surface area is 172 Å². The molecule has 0 aliphatic carbocycles. The minimum absolute atomic E-state index is 0. The summed E-state index contributed by atoms with van der Waals surface area (Å²) < 4.78 is 47.6. The summed E-state index contributed by atoms with van der Waals surface area (Å²) >= 11 is 0. The molecule has 0 saturated heterocycles. The molecule has 0 unspecified atom stereocenters. The van der Waals surface area contributed by atoms with Gasteiger partial charge in [0.25, 0.3) is 0 Å². The molecule has 2 aromatic carbocycles. The van der Waals surface area contributed by atoms with Crippen LogP contribution in [0.3, 0.4) is 0 Å². The van der Waals surface area contributed by atoms with Crippen LogP contribution in [0.15, 0.2) is 48.5 Å². The van der Waals surface area contributed by atoms with Crippen molar-refractivity contribution in [3.05, 3.63) is 65.5 Å². The van der Waals surface area contributed by atoms with E-state index in [-0.39, 0.29) is 30.4 Å². The van der Waals surface area contributed by atoms with Crippen molar-refractivity contribution in [1.82, 2.24) is 14.8 Å². The standard InChI is InChI=1S/C20H20F3N3O2.ClH/c1-19(2,28-14-10-8-13(12-27)9-11-14)18-25-24-17(26(18)3)15-6-4-5-7-16(15)20(21,22)23;/h4-11,27H,12H2,1-3H3;1H. The van der Waals surface area contributed by atoms with Crippen LogP contribution in [0, 0.1) is 0 Å². The van der Waals surface area contributed by atoms with Gasteiger partial charge in [0, 0.05) is 12.6 Å². The fourth-order valence-electron chi connectivity index (χ4n) is 3.02. The van der Waals surface area contributed by atoms with Crippen molar-refractivity contribution in [2.75, 3.05) is 0 Å². The van der Waals surface area contributed by atoms with Crippen molar-refractivity contribution < 1.29 is 23.0 Å². The second-order valence-electron chi connectivity index (χ2n) is 6.86. The average Bonchev–Trinajstić information content (AvgIpc) is 3.03. The van der Waals surface area contributed by atoms with Gasteiger partial charge in [-0.25, -0.2) is 0 Å². The van der Waals surface area contributed by atoms with Gasteiger partial charge in [-0.3, -0.25) is 0 Å². The topological polar surface area (TPSA) is 60.2 Å². The highest BCUT2D eigenvalue weighted by Gasteiger charge is 2.36. The summed E-state index contributed by atoms with van der Waals surface area (Å²) in [5.41, 5.74) is -1.02. The zero-order valence-electron chi connectivity index (χ0n) is 16.1. The molecule has 0 bridgehead atoms. The smallest absolute Gasteiger partial charge is 0.417 e. The molecule has 0 saturated carbocycles. The molecule has 5 nitrogen and oxygen atoms in total. The third-order valence-electron chi connectivity index (χ3n) is 4.37. The van der Waals surface area contributed by atoms with Crippen LogP contribution in [0.5, 0.6) is 5.75 Å². The zero-order chi connectivity index (χ0) is 20.5. The second-order valence-corrected chi connectivity index (χ2v) is 6.86. The van der Waals surface area contributed by atoms with E-state index in [0.29, 0.717) is 11.6 Å². The number of rotatable bonds is 5. The molecular formula is C20H21ClF3N3O2. The van der Waals surface area contributed by atoms with Gasteiger partial charge in [0.05, 0.1) is 12.2 Å². The van der Waals surface area contributed by atoms with E-state index in [1.165, 1.54) is 22.8 Å². The maximum absolute atomic E-state index is 13.4. The highest BCUT2D eigenvalue weighted by Crippen LogP contribution is 2.37. The molecule has 1 N–H and O–H groups in total. The minimum Gasteiger partial charge on any atom is -0.480 e. The molecule has 0 aliphatic heterocycles. The summed E-state index contributed by atoms with van der Waals surface area (Å²) in [7, 11) is 1.61. The largest absolute Gasteiger partial charge is 0.480 e. The van der Waals surface area contributed by atoms with E-state index < -0.39 is 17.3 Å². The summed E-state index contributed by atoms with van der Waals surface area (Å²) in [4.78, 5) is 0. The molecule has 0 spiro atoms. The van der Waals surface area contributed by atoms with Gasteiger partial charge in [-0.05, 0) is 37.6 Å². The Bertz CT molecular complexity index is 970. The van der Waals surface area contributed by atoms with E-state index in [4.69, 9.17) is 9.84 Å². The fraction of sp³-hybridized carbons (Fsp3) is 0.300. The molecular weight excluding hydrogens is 407 g/mol. The number of aromatic nitrogens is 3. The van der Waals surface area contributed by atoms with Crippen LogP contribution >= 0.6 is 12.4 Å². The van der Waals surface area contributed by atoms with Crippen LogP contribution < -0.4 is 4.74 Å². The number of benzene rings is 2. The Morgan fingerprint density at radius 1 is 1.00 bits per heavy atom. The lowest BCUT2D eigenvalue weighted by atomic mass is 10.1. The first-order valence-electron chi connectivity index (χ1n) is 8.59. The van der Waals surface area contributed by atoms with Gasteiger partial charge < -0.3 is 14.4 Å². The molecule has 3 rings (SSSR count). The van der Waals surface area contributed by atoms with E-state index in [1.54, 1.807) is 45.2 Å². The molecule has 0 radical (unpaired) electrons. The molecule has 0 atom stereocenters. The lowest BCUT2D eigenvalue weighted by Gasteiger charge is -2.25. The first kappa shape index (κ1) is 22.7. The summed E-state index contributed by atoms with van der Waals surface area (Å²) in [5.74, 6) is 1.03. The maximum atomic E-state index is 13.4. The Morgan fingerprint density at radius 2 is 1.62 bits per heavy atom. The van der Waals surface area contributed by atoms with Crippen molar-refractivity contribution in [1.29, 1.82) is 0 Å². The van der Waals surface area contributed by atoms with Crippen LogP contribution in [0.1, 0.15) is 30.8 Å². The van der Waals surface area contributed by atoms with Gasteiger partial charge in [0.1, 0.15) is 5.75 Å². The second kappa shape index (κ2) is 8.42. The van der Waals surface area contributed by atoms with Crippen molar-refractivity contribution in [2.45, 2.75) is 32.2 Å². The van der Waals surface area contributed by atoms with E-state index >= 15 is 0 Å². The van der Waals surface area contributed by atoms with Crippen molar-refractivity contribution >= 4 is 12.4 Å². The highest BCUT2D eigenvalue weighted by molar-refractivity contribution is 5.85. The molecule has 0 amide bonds. The molecule has 1 aromatic heterocycles. The van der Waals surface area contributed by atoms with E-state index in [0.717, 1.165) is 11.6 Å². The van der Waals surface area contributed by atoms with Gasteiger partial charge in [0.2, 0.25) is 0 Å². The Hall–Kier alpha value is -2.58. The first-order valence-corrected chi connectivity index (χ1v) is 8.59. The predicted molar refractivity (Wildman–Crippen MR) is 105 cm³/mol. The van der Waals surface area contributed by atoms with Gasteiger partial charge in [-0.15, -0.1) is 22.6 Å². The van der Waals surface area contributed by atoms with E-state index in [9.17, 15) is 13.2 Å². The summed E-state index contributed by atoms with van der Waals surface area (Å²) in [6.45, 7) is 3.45. The Kier molecular flexibility index (Phi) is 6.60. The Balaban J connectivity index is 0.00000300. The van der Waals surface area contributed by atoms with Crippen molar-refractivity contribution in [3.8, 4) is 17.1 Å². The van der Waals surface area contributed by atoms with E-state index in [2.05, 4.69) is 10.2 Å². The summed E-state index contributed by atoms with van der Waals surface area (Å²) in [6.07, 6.45) is -4.50. The summed E-state index contributed by atoms with van der Waals surface area (Å²) in [6, 6.07) is 12.1. The normalized spacial score (nSPS) is 11.8. The average molecular weight is 428 g/mol. The maximum Gasteiger partial charge on any atom is 0.417 e. The SMILES string of the molecule is Cl.Cn1c(-c2ccccc2C(F)(F)F)nnc1C(C)(C)Oc1ccc(CO)cc1. The minimum atomic E-state index is -4.50. The van der Waals surface area contributed by atoms with Gasteiger partial charge in [-0.2, -0.15) is 13.2 Å². The van der Waals surface area contributed by atoms with Crippen LogP contribution in [-0.2, 0) is 25.4 Å². The number of alkyl halides is 3. The van der Waals surface area contributed by atoms with Crippen LogP contribution in [-0.4, -0.2) is 19.9 Å². The highest BCUT2D eigenvalue weighted by atomic mass is 35.5. The monoisotopic (exact) mass is 427 g/mol. The van der Waals surface area contributed by atoms with Gasteiger partial charge in [-0.1, -0.05) is 30.3 Å². The van der Waals surface area contributed by atoms with Crippen molar-refractivity contribution in [3.63, 3.8) is 0 Å². The molecule has 1 heterocycles. The molecule has 0 aliphatic rings. The number of nitrogens with zero attached hydrogens (tertiary/aromatic N) is 3.